The topological polar surface area (TPSA) is 82.6 Å². The lowest BCUT2D eigenvalue weighted by Crippen LogP contribution is -2.68. The van der Waals surface area contributed by atoms with E-state index in [0.29, 0.717) is 25.3 Å². The number of pyridine rings is 1. The van der Waals surface area contributed by atoms with E-state index < -0.39 is 15.8 Å². The van der Waals surface area contributed by atoms with Gasteiger partial charge in [-0.05, 0) is 44.0 Å². The number of nitrogens with one attached hydrogen (secondary N) is 1. The molecule has 1 aliphatic carbocycles. The number of carbonyl (C=O) groups is 1. The molecule has 1 spiro atoms. The van der Waals surface area contributed by atoms with Gasteiger partial charge in [0.15, 0.2) is 5.69 Å². The highest BCUT2D eigenvalue weighted by atomic mass is 32.2. The number of rotatable bonds is 3. The Hall–Kier alpha value is -2.52. The molecular weight excluding hydrogens is 407 g/mol. The van der Waals surface area contributed by atoms with E-state index in [1.165, 1.54) is 22.5 Å². The molecule has 1 saturated heterocycles. The van der Waals surface area contributed by atoms with E-state index in [1.807, 2.05) is 17.9 Å². The molecule has 1 saturated carbocycles. The molecule has 2 aliphatic heterocycles. The van der Waals surface area contributed by atoms with Gasteiger partial charge in [0.1, 0.15) is 10.7 Å². The van der Waals surface area contributed by atoms with Crippen LogP contribution in [-0.4, -0.2) is 60.2 Å². The third kappa shape index (κ3) is 2.91. The lowest BCUT2D eigenvalue weighted by molar-refractivity contribution is -0.0728. The summed E-state index contributed by atoms with van der Waals surface area (Å²) in [5.41, 5.74) is 1.05. The second kappa shape index (κ2) is 6.75. The molecule has 1 aromatic heterocycles. The SMILES string of the molecule is C[C@@H]1CNc2cccnc2C(=O)N1C1CC2(C1)CN(S(=O)(=O)c1ccccc1F)C2. The van der Waals surface area contributed by atoms with E-state index >= 15 is 0 Å². The number of hydrogen-bond donors (Lipinski definition) is 1. The maximum Gasteiger partial charge on any atom is 0.275 e. The van der Waals surface area contributed by atoms with E-state index in [2.05, 4.69) is 10.3 Å². The maximum atomic E-state index is 14.0. The highest BCUT2D eigenvalue weighted by molar-refractivity contribution is 7.89. The number of carbonyl (C=O) groups excluding carboxylic acids is 1. The summed E-state index contributed by atoms with van der Waals surface area (Å²) in [6, 6.07) is 9.18. The largest absolute Gasteiger partial charge is 0.381 e. The first-order valence-electron chi connectivity index (χ1n) is 10.1. The molecule has 2 fully saturated rings. The van der Waals surface area contributed by atoms with Gasteiger partial charge in [0, 0.05) is 43.3 Å². The van der Waals surface area contributed by atoms with Crippen LogP contribution in [0.1, 0.15) is 30.3 Å². The summed E-state index contributed by atoms with van der Waals surface area (Å²) in [5.74, 6) is -0.814. The Kier molecular flexibility index (Phi) is 4.37. The van der Waals surface area contributed by atoms with Gasteiger partial charge in [-0.15, -0.1) is 0 Å². The molecule has 0 unspecified atom stereocenters. The average Bonchev–Trinajstić information content (AvgIpc) is 2.78. The van der Waals surface area contributed by atoms with E-state index in [9.17, 15) is 17.6 Å². The quantitative estimate of drug-likeness (QED) is 0.808. The van der Waals surface area contributed by atoms with Crippen LogP contribution in [0.3, 0.4) is 0 Å². The van der Waals surface area contributed by atoms with Gasteiger partial charge in [-0.25, -0.2) is 17.8 Å². The van der Waals surface area contributed by atoms with E-state index in [-0.39, 0.29) is 28.3 Å². The Morgan fingerprint density at radius 3 is 2.63 bits per heavy atom. The second-order valence-corrected chi connectivity index (χ2v) is 10.5. The summed E-state index contributed by atoms with van der Waals surface area (Å²) < 4.78 is 40.8. The molecule has 1 aromatic carbocycles. The minimum absolute atomic E-state index is 0.00683. The number of sulfonamides is 1. The van der Waals surface area contributed by atoms with Gasteiger partial charge < -0.3 is 10.2 Å². The van der Waals surface area contributed by atoms with Crippen LogP contribution in [0.5, 0.6) is 0 Å². The Labute approximate surface area is 174 Å². The molecule has 1 N–H and O–H groups in total. The normalized spacial score (nSPS) is 23.9. The smallest absolute Gasteiger partial charge is 0.275 e. The van der Waals surface area contributed by atoms with Gasteiger partial charge in [-0.3, -0.25) is 4.79 Å². The van der Waals surface area contributed by atoms with Gasteiger partial charge in [-0.1, -0.05) is 12.1 Å². The first-order valence-corrected chi connectivity index (χ1v) is 11.5. The first-order chi connectivity index (χ1) is 14.3. The number of anilines is 1. The third-order valence-electron chi connectivity index (χ3n) is 6.52. The molecule has 158 valence electrons. The van der Waals surface area contributed by atoms with Crippen molar-refractivity contribution in [2.75, 3.05) is 25.0 Å². The van der Waals surface area contributed by atoms with Crippen LogP contribution in [-0.2, 0) is 10.0 Å². The third-order valence-corrected chi connectivity index (χ3v) is 8.34. The minimum atomic E-state index is -3.83. The Morgan fingerprint density at radius 1 is 1.17 bits per heavy atom. The van der Waals surface area contributed by atoms with Crippen LogP contribution in [0.2, 0.25) is 0 Å². The summed E-state index contributed by atoms with van der Waals surface area (Å²) in [5, 5.41) is 3.29. The van der Waals surface area contributed by atoms with Crippen molar-refractivity contribution >= 4 is 21.6 Å². The fourth-order valence-corrected chi connectivity index (χ4v) is 6.71. The van der Waals surface area contributed by atoms with E-state index in [0.717, 1.165) is 24.6 Å². The number of aromatic nitrogens is 1. The molecule has 3 heterocycles. The fraction of sp³-hybridized carbons (Fsp3) is 0.429. The highest BCUT2D eigenvalue weighted by Gasteiger charge is 2.58. The van der Waals surface area contributed by atoms with Gasteiger partial charge in [0.2, 0.25) is 10.0 Å². The lowest BCUT2D eigenvalue weighted by atomic mass is 9.61. The van der Waals surface area contributed by atoms with Crippen molar-refractivity contribution in [1.29, 1.82) is 0 Å². The Morgan fingerprint density at radius 2 is 1.90 bits per heavy atom. The maximum absolute atomic E-state index is 14.0. The Balaban J connectivity index is 1.28. The molecule has 9 heteroatoms. The summed E-state index contributed by atoms with van der Waals surface area (Å²) in [4.78, 5) is 19.0. The molecule has 0 bridgehead atoms. The van der Waals surface area contributed by atoms with Crippen molar-refractivity contribution in [1.82, 2.24) is 14.2 Å². The average molecular weight is 431 g/mol. The summed E-state index contributed by atoms with van der Waals surface area (Å²) in [7, 11) is -3.83. The number of amides is 1. The number of fused-ring (bicyclic) bond motifs is 1. The molecular formula is C21H23FN4O3S. The van der Waals surface area contributed by atoms with Crippen molar-refractivity contribution in [2.45, 2.75) is 36.7 Å². The summed E-state index contributed by atoms with van der Waals surface area (Å²) in [6.45, 7) is 3.38. The van der Waals surface area contributed by atoms with Gasteiger partial charge in [-0.2, -0.15) is 4.31 Å². The lowest BCUT2D eigenvalue weighted by Gasteiger charge is -2.60. The van der Waals surface area contributed by atoms with Crippen LogP contribution in [0.15, 0.2) is 47.5 Å². The molecule has 2 aromatic rings. The molecule has 0 radical (unpaired) electrons. The van der Waals surface area contributed by atoms with Gasteiger partial charge in [0.25, 0.3) is 5.91 Å². The highest BCUT2D eigenvalue weighted by Crippen LogP contribution is 2.52. The zero-order valence-corrected chi connectivity index (χ0v) is 17.4. The summed E-state index contributed by atoms with van der Waals surface area (Å²) in [6.07, 6.45) is 3.11. The number of nitrogens with zero attached hydrogens (tertiary/aromatic N) is 3. The molecule has 3 aliphatic rings. The predicted octanol–water partition coefficient (Wildman–Crippen LogP) is 2.33. The zero-order valence-electron chi connectivity index (χ0n) is 16.6. The van der Waals surface area contributed by atoms with Crippen molar-refractivity contribution in [2.24, 2.45) is 5.41 Å². The molecule has 7 nitrogen and oxygen atoms in total. The number of halogens is 1. The molecule has 30 heavy (non-hydrogen) atoms. The molecule has 1 atom stereocenters. The number of hydrogen-bond acceptors (Lipinski definition) is 5. The van der Waals surface area contributed by atoms with Crippen LogP contribution in [0.4, 0.5) is 10.1 Å². The van der Waals surface area contributed by atoms with Crippen LogP contribution >= 0.6 is 0 Å². The van der Waals surface area contributed by atoms with E-state index in [1.54, 1.807) is 12.3 Å². The Bertz CT molecular complexity index is 1110. The van der Waals surface area contributed by atoms with Crippen LogP contribution in [0, 0.1) is 11.2 Å². The van der Waals surface area contributed by atoms with Crippen molar-refractivity contribution in [3.63, 3.8) is 0 Å². The minimum Gasteiger partial charge on any atom is -0.381 e. The van der Waals surface area contributed by atoms with Crippen LogP contribution in [0.25, 0.3) is 0 Å². The summed E-state index contributed by atoms with van der Waals surface area (Å²) >= 11 is 0. The molecule has 1 amide bonds. The number of benzene rings is 1. The first kappa shape index (κ1) is 19.4. The van der Waals surface area contributed by atoms with Crippen molar-refractivity contribution < 1.29 is 17.6 Å². The fourth-order valence-electron chi connectivity index (χ4n) is 4.98. The van der Waals surface area contributed by atoms with Crippen LogP contribution < -0.4 is 5.32 Å². The second-order valence-electron chi connectivity index (χ2n) is 8.61. The predicted molar refractivity (Wildman–Crippen MR) is 109 cm³/mol. The molecule has 5 rings (SSSR count). The zero-order chi connectivity index (χ0) is 21.1. The monoisotopic (exact) mass is 430 g/mol. The van der Waals surface area contributed by atoms with Crippen molar-refractivity contribution in [3.8, 4) is 0 Å². The van der Waals surface area contributed by atoms with Crippen molar-refractivity contribution in [3.05, 3.63) is 54.1 Å². The van der Waals surface area contributed by atoms with Gasteiger partial charge >= 0.3 is 0 Å². The standard InChI is InChI=1S/C21H23FN4O3S/c1-14-11-24-17-6-4-8-23-19(17)20(27)26(14)15-9-21(10-15)12-25(13-21)30(28,29)18-7-3-2-5-16(18)22/h2-8,14-15,24H,9-13H2,1H3/t14-/m1/s1. The van der Waals surface area contributed by atoms with E-state index in [4.69, 9.17) is 0 Å². The van der Waals surface area contributed by atoms with Gasteiger partial charge in [0.05, 0.1) is 5.69 Å².